The molecule has 1 saturated heterocycles. The first-order valence-electron chi connectivity index (χ1n) is 11.0. The standard InChI is InChI=1S/C23H34N2O3/c26-22(15-18-28-21-9-5-2-6-10-21)24-20-13-16-25(17-14-20)23(27)12-11-19-7-3-1-4-8-19/h2,5-6,9-10,19-20H,1,3-4,7-8,11-18H2,(H,24,26). The molecule has 28 heavy (non-hydrogen) atoms. The molecule has 2 fully saturated rings. The highest BCUT2D eigenvalue weighted by atomic mass is 16.5. The summed E-state index contributed by atoms with van der Waals surface area (Å²) in [5.41, 5.74) is 0. The van der Waals surface area contributed by atoms with Crippen LogP contribution in [-0.4, -0.2) is 42.5 Å². The molecule has 0 spiro atoms. The Labute approximate surface area is 168 Å². The lowest BCUT2D eigenvalue weighted by Crippen LogP contribution is -2.46. The number of rotatable bonds is 8. The molecule has 0 bridgehead atoms. The minimum atomic E-state index is 0.0259. The highest BCUT2D eigenvalue weighted by Crippen LogP contribution is 2.27. The van der Waals surface area contributed by atoms with Crippen LogP contribution >= 0.6 is 0 Å². The molecule has 154 valence electrons. The van der Waals surface area contributed by atoms with Gasteiger partial charge in [-0.15, -0.1) is 0 Å². The second-order valence-electron chi connectivity index (χ2n) is 8.18. The Morgan fingerprint density at radius 1 is 0.964 bits per heavy atom. The number of benzene rings is 1. The summed E-state index contributed by atoms with van der Waals surface area (Å²) in [7, 11) is 0. The molecule has 1 N–H and O–H groups in total. The van der Waals surface area contributed by atoms with E-state index >= 15 is 0 Å². The van der Waals surface area contributed by atoms with Crippen LogP contribution in [0.25, 0.3) is 0 Å². The van der Waals surface area contributed by atoms with Crippen molar-refractivity contribution >= 4 is 11.8 Å². The van der Waals surface area contributed by atoms with E-state index in [9.17, 15) is 9.59 Å². The summed E-state index contributed by atoms with van der Waals surface area (Å²) in [6.45, 7) is 1.90. The van der Waals surface area contributed by atoms with Gasteiger partial charge < -0.3 is 15.0 Å². The fraction of sp³-hybridized carbons (Fsp3) is 0.652. The maximum absolute atomic E-state index is 12.5. The zero-order valence-corrected chi connectivity index (χ0v) is 16.9. The van der Waals surface area contributed by atoms with Crippen molar-refractivity contribution in [2.24, 2.45) is 5.92 Å². The maximum atomic E-state index is 12.5. The van der Waals surface area contributed by atoms with Gasteiger partial charge in [-0.05, 0) is 37.3 Å². The van der Waals surface area contributed by atoms with Crippen molar-refractivity contribution in [2.75, 3.05) is 19.7 Å². The zero-order chi connectivity index (χ0) is 19.6. The van der Waals surface area contributed by atoms with Crippen LogP contribution in [0.2, 0.25) is 0 Å². The predicted molar refractivity (Wildman–Crippen MR) is 110 cm³/mol. The van der Waals surface area contributed by atoms with Gasteiger partial charge in [0.15, 0.2) is 0 Å². The van der Waals surface area contributed by atoms with Crippen LogP contribution in [0.15, 0.2) is 30.3 Å². The van der Waals surface area contributed by atoms with Crippen molar-refractivity contribution in [1.82, 2.24) is 10.2 Å². The smallest absolute Gasteiger partial charge is 0.223 e. The van der Waals surface area contributed by atoms with Crippen LogP contribution in [0.3, 0.4) is 0 Å². The molecule has 1 aliphatic heterocycles. The Morgan fingerprint density at radius 2 is 1.68 bits per heavy atom. The molecular weight excluding hydrogens is 352 g/mol. The number of carbonyl (C=O) groups excluding carboxylic acids is 2. The second kappa shape index (κ2) is 11.1. The van der Waals surface area contributed by atoms with Crippen molar-refractivity contribution in [3.63, 3.8) is 0 Å². The number of likely N-dealkylation sites (tertiary alicyclic amines) is 1. The number of nitrogens with one attached hydrogen (secondary N) is 1. The zero-order valence-electron chi connectivity index (χ0n) is 16.9. The van der Waals surface area contributed by atoms with Crippen LogP contribution in [-0.2, 0) is 9.59 Å². The molecule has 0 aromatic heterocycles. The minimum Gasteiger partial charge on any atom is -0.493 e. The molecule has 1 aliphatic carbocycles. The first-order valence-corrected chi connectivity index (χ1v) is 11.0. The van der Waals surface area contributed by atoms with E-state index in [0.29, 0.717) is 25.4 Å². The molecule has 0 atom stereocenters. The summed E-state index contributed by atoms with van der Waals surface area (Å²) < 4.78 is 5.58. The van der Waals surface area contributed by atoms with Gasteiger partial charge >= 0.3 is 0 Å². The van der Waals surface area contributed by atoms with Crippen molar-refractivity contribution < 1.29 is 14.3 Å². The Bertz CT molecular complexity index is 606. The van der Waals surface area contributed by atoms with Gasteiger partial charge in [-0.1, -0.05) is 50.3 Å². The number of piperidine rings is 1. The van der Waals surface area contributed by atoms with E-state index in [-0.39, 0.29) is 11.9 Å². The quantitative estimate of drug-likeness (QED) is 0.737. The number of ether oxygens (including phenoxy) is 1. The third-order valence-corrected chi connectivity index (χ3v) is 6.05. The summed E-state index contributed by atoms with van der Waals surface area (Å²) in [5.74, 6) is 1.87. The average molecular weight is 387 g/mol. The first-order chi connectivity index (χ1) is 13.7. The monoisotopic (exact) mass is 386 g/mol. The number of nitrogens with zero attached hydrogens (tertiary/aromatic N) is 1. The van der Waals surface area contributed by atoms with E-state index in [4.69, 9.17) is 4.74 Å². The van der Waals surface area contributed by atoms with Crippen LogP contribution in [0, 0.1) is 5.92 Å². The number of para-hydroxylation sites is 1. The fourth-order valence-electron chi connectivity index (χ4n) is 4.31. The van der Waals surface area contributed by atoms with Gasteiger partial charge in [0, 0.05) is 25.6 Å². The number of hydrogen-bond acceptors (Lipinski definition) is 3. The van der Waals surface area contributed by atoms with E-state index < -0.39 is 0 Å². The van der Waals surface area contributed by atoms with E-state index in [1.807, 2.05) is 35.2 Å². The van der Waals surface area contributed by atoms with E-state index in [0.717, 1.165) is 44.0 Å². The minimum absolute atomic E-state index is 0.0259. The molecule has 2 aliphatic rings. The van der Waals surface area contributed by atoms with Gasteiger partial charge in [0.1, 0.15) is 5.75 Å². The summed E-state index contributed by atoms with van der Waals surface area (Å²) in [6.07, 6.45) is 10.4. The van der Waals surface area contributed by atoms with E-state index in [1.54, 1.807) is 0 Å². The van der Waals surface area contributed by atoms with Gasteiger partial charge in [-0.25, -0.2) is 0 Å². The maximum Gasteiger partial charge on any atom is 0.223 e. The number of amides is 2. The van der Waals surface area contributed by atoms with Gasteiger partial charge in [0.05, 0.1) is 13.0 Å². The molecular formula is C23H34N2O3. The molecule has 1 aromatic carbocycles. The average Bonchev–Trinajstić information content (AvgIpc) is 2.74. The van der Waals surface area contributed by atoms with Crippen LogP contribution in [0.5, 0.6) is 5.75 Å². The third-order valence-electron chi connectivity index (χ3n) is 6.05. The predicted octanol–water partition coefficient (Wildman–Crippen LogP) is 3.92. The molecule has 0 radical (unpaired) electrons. The highest BCUT2D eigenvalue weighted by Gasteiger charge is 2.24. The lowest BCUT2D eigenvalue weighted by Gasteiger charge is -2.33. The molecule has 5 heteroatoms. The molecule has 2 amide bonds. The van der Waals surface area contributed by atoms with Crippen LogP contribution in [0.4, 0.5) is 0 Å². The lowest BCUT2D eigenvalue weighted by atomic mass is 9.86. The molecule has 5 nitrogen and oxygen atoms in total. The Kier molecular flexibility index (Phi) is 8.19. The van der Waals surface area contributed by atoms with E-state index in [2.05, 4.69) is 5.32 Å². The summed E-state index contributed by atoms with van der Waals surface area (Å²) in [5, 5.41) is 3.09. The second-order valence-corrected chi connectivity index (χ2v) is 8.18. The molecule has 1 heterocycles. The van der Waals surface area contributed by atoms with Crippen molar-refractivity contribution in [1.29, 1.82) is 0 Å². The van der Waals surface area contributed by atoms with Gasteiger partial charge in [0.2, 0.25) is 11.8 Å². The van der Waals surface area contributed by atoms with Crippen LogP contribution < -0.4 is 10.1 Å². The Hall–Kier alpha value is -2.04. The van der Waals surface area contributed by atoms with Gasteiger partial charge in [-0.2, -0.15) is 0 Å². The normalized spacial score (nSPS) is 18.6. The number of carbonyl (C=O) groups is 2. The largest absolute Gasteiger partial charge is 0.493 e. The van der Waals surface area contributed by atoms with Crippen molar-refractivity contribution in [3.8, 4) is 5.75 Å². The van der Waals surface area contributed by atoms with Crippen LogP contribution in [0.1, 0.15) is 64.2 Å². The molecule has 0 unspecified atom stereocenters. The summed E-state index contributed by atoms with van der Waals surface area (Å²) in [6, 6.07) is 9.72. The van der Waals surface area contributed by atoms with E-state index in [1.165, 1.54) is 32.1 Å². The Morgan fingerprint density at radius 3 is 2.39 bits per heavy atom. The fourth-order valence-corrected chi connectivity index (χ4v) is 4.31. The molecule has 1 aromatic rings. The number of hydrogen-bond donors (Lipinski definition) is 1. The molecule has 3 rings (SSSR count). The Balaban J connectivity index is 1.27. The highest BCUT2D eigenvalue weighted by molar-refractivity contribution is 5.77. The third kappa shape index (κ3) is 6.84. The summed E-state index contributed by atoms with van der Waals surface area (Å²) >= 11 is 0. The van der Waals surface area contributed by atoms with Gasteiger partial charge in [-0.3, -0.25) is 9.59 Å². The molecule has 1 saturated carbocycles. The van der Waals surface area contributed by atoms with Crippen molar-refractivity contribution in [3.05, 3.63) is 30.3 Å². The SMILES string of the molecule is O=C(CCOc1ccccc1)NC1CCN(C(=O)CCC2CCCCC2)CC1. The van der Waals surface area contributed by atoms with Gasteiger partial charge in [0.25, 0.3) is 0 Å². The first kappa shape index (κ1) is 20.7. The lowest BCUT2D eigenvalue weighted by molar-refractivity contribution is -0.132. The van der Waals surface area contributed by atoms with Crippen molar-refractivity contribution in [2.45, 2.75) is 70.3 Å². The summed E-state index contributed by atoms with van der Waals surface area (Å²) in [4.78, 5) is 26.6. The topological polar surface area (TPSA) is 58.6 Å².